The van der Waals surface area contributed by atoms with Crippen LogP contribution in [0.25, 0.3) is 10.9 Å². The fourth-order valence-electron chi connectivity index (χ4n) is 1.53. The van der Waals surface area contributed by atoms with E-state index in [-0.39, 0.29) is 6.03 Å². The summed E-state index contributed by atoms with van der Waals surface area (Å²) >= 11 is 0. The largest absolute Gasteiger partial charge is 0.361 e. The van der Waals surface area contributed by atoms with Crippen LogP contribution in [0, 0.1) is 0 Å². The zero-order valence-corrected chi connectivity index (χ0v) is 8.79. The summed E-state index contributed by atoms with van der Waals surface area (Å²) in [6.45, 7) is 3.99. The number of fused-ring (bicyclic) bond motifs is 1. The topological polar surface area (TPSA) is 56.9 Å². The molecule has 4 heteroatoms. The molecule has 4 nitrogen and oxygen atoms in total. The highest BCUT2D eigenvalue weighted by Crippen LogP contribution is 2.21. The number of nitrogens with one attached hydrogen (secondary N) is 3. The molecule has 0 aliphatic heterocycles. The van der Waals surface area contributed by atoms with Gasteiger partial charge in [0, 0.05) is 23.6 Å². The minimum atomic E-state index is -0.228. The smallest absolute Gasteiger partial charge is 0.319 e. The van der Waals surface area contributed by atoms with Crippen molar-refractivity contribution in [2.75, 3.05) is 11.9 Å². The molecular formula is C12H13N3O. The molecule has 16 heavy (non-hydrogen) atoms. The molecule has 82 valence electrons. The van der Waals surface area contributed by atoms with Crippen LogP contribution in [-0.4, -0.2) is 17.6 Å². The van der Waals surface area contributed by atoms with Gasteiger partial charge < -0.3 is 15.6 Å². The summed E-state index contributed by atoms with van der Waals surface area (Å²) in [5.74, 6) is 0. The van der Waals surface area contributed by atoms with Crippen LogP contribution in [0.3, 0.4) is 0 Å². The molecule has 0 unspecified atom stereocenters. The number of hydrogen-bond donors (Lipinski definition) is 3. The number of anilines is 1. The van der Waals surface area contributed by atoms with E-state index in [1.54, 1.807) is 6.08 Å². The van der Waals surface area contributed by atoms with Gasteiger partial charge in [0.05, 0.1) is 5.69 Å². The molecule has 0 atom stereocenters. The average molecular weight is 215 g/mol. The monoisotopic (exact) mass is 215 g/mol. The number of carbonyl (C=O) groups excluding carboxylic acids is 1. The summed E-state index contributed by atoms with van der Waals surface area (Å²) in [7, 11) is 0. The molecule has 0 spiro atoms. The molecule has 0 aliphatic rings. The van der Waals surface area contributed by atoms with Crippen molar-refractivity contribution in [3.63, 3.8) is 0 Å². The normalized spacial score (nSPS) is 10.0. The van der Waals surface area contributed by atoms with Gasteiger partial charge in [-0.2, -0.15) is 0 Å². The Hall–Kier alpha value is -2.23. The van der Waals surface area contributed by atoms with Crippen molar-refractivity contribution in [3.05, 3.63) is 43.1 Å². The Morgan fingerprint density at radius 1 is 1.44 bits per heavy atom. The third-order valence-electron chi connectivity index (χ3n) is 2.25. The molecular weight excluding hydrogens is 202 g/mol. The van der Waals surface area contributed by atoms with E-state index < -0.39 is 0 Å². The molecule has 1 aromatic carbocycles. The second kappa shape index (κ2) is 4.53. The fourth-order valence-corrected chi connectivity index (χ4v) is 1.53. The van der Waals surface area contributed by atoms with Gasteiger partial charge >= 0.3 is 6.03 Å². The number of H-pyrrole nitrogens is 1. The minimum absolute atomic E-state index is 0.228. The molecule has 0 aliphatic carbocycles. The van der Waals surface area contributed by atoms with Crippen molar-refractivity contribution in [1.29, 1.82) is 0 Å². The van der Waals surface area contributed by atoms with E-state index in [9.17, 15) is 4.79 Å². The lowest BCUT2D eigenvalue weighted by Crippen LogP contribution is -2.28. The Balaban J connectivity index is 2.17. The van der Waals surface area contributed by atoms with Crippen molar-refractivity contribution in [1.82, 2.24) is 10.3 Å². The summed E-state index contributed by atoms with van der Waals surface area (Å²) in [6.07, 6.45) is 3.48. The average Bonchev–Trinajstić information content (AvgIpc) is 2.75. The van der Waals surface area contributed by atoms with Gasteiger partial charge in [-0.15, -0.1) is 6.58 Å². The van der Waals surface area contributed by atoms with Crippen LogP contribution >= 0.6 is 0 Å². The molecule has 0 bridgehead atoms. The number of carbonyl (C=O) groups is 1. The molecule has 0 saturated heterocycles. The van der Waals surface area contributed by atoms with Gasteiger partial charge in [-0.25, -0.2) is 4.79 Å². The number of benzene rings is 1. The Labute approximate surface area is 93.4 Å². The first-order valence-electron chi connectivity index (χ1n) is 5.03. The molecule has 2 amide bonds. The maximum absolute atomic E-state index is 11.5. The van der Waals surface area contributed by atoms with E-state index in [0.29, 0.717) is 6.54 Å². The van der Waals surface area contributed by atoms with Gasteiger partial charge in [-0.3, -0.25) is 0 Å². The standard InChI is InChI=1S/C12H13N3O/c1-2-7-14-12(16)15-11-5-3-4-10-9(11)6-8-13-10/h2-6,8,13H,1,7H2,(H2,14,15,16). The second-order valence-electron chi connectivity index (χ2n) is 3.37. The number of amides is 2. The van der Waals surface area contributed by atoms with E-state index in [2.05, 4.69) is 22.2 Å². The van der Waals surface area contributed by atoms with Crippen LogP contribution in [0.5, 0.6) is 0 Å². The minimum Gasteiger partial charge on any atom is -0.361 e. The maximum atomic E-state index is 11.5. The predicted molar refractivity (Wildman–Crippen MR) is 65.5 cm³/mol. The number of hydrogen-bond acceptors (Lipinski definition) is 1. The first kappa shape index (κ1) is 10.3. The summed E-state index contributed by atoms with van der Waals surface area (Å²) in [4.78, 5) is 14.5. The van der Waals surface area contributed by atoms with Crippen molar-refractivity contribution in [2.45, 2.75) is 0 Å². The molecule has 2 aromatic rings. The van der Waals surface area contributed by atoms with Gasteiger partial charge in [0.2, 0.25) is 0 Å². The van der Waals surface area contributed by atoms with Crippen LogP contribution in [0.1, 0.15) is 0 Å². The molecule has 0 radical (unpaired) electrons. The summed E-state index contributed by atoms with van der Waals surface area (Å²) in [6, 6.07) is 7.42. The van der Waals surface area contributed by atoms with Crippen molar-refractivity contribution < 1.29 is 4.79 Å². The van der Waals surface area contributed by atoms with E-state index >= 15 is 0 Å². The zero-order chi connectivity index (χ0) is 11.4. The highest BCUT2D eigenvalue weighted by molar-refractivity contribution is 6.00. The molecule has 1 heterocycles. The molecule has 2 rings (SSSR count). The number of urea groups is 1. The first-order chi connectivity index (χ1) is 7.81. The molecule has 1 aromatic heterocycles. The zero-order valence-electron chi connectivity index (χ0n) is 8.79. The Morgan fingerprint density at radius 2 is 2.31 bits per heavy atom. The van der Waals surface area contributed by atoms with Crippen LogP contribution in [0.4, 0.5) is 10.5 Å². The van der Waals surface area contributed by atoms with Crippen molar-refractivity contribution in [3.8, 4) is 0 Å². The highest BCUT2D eigenvalue weighted by Gasteiger charge is 2.04. The van der Waals surface area contributed by atoms with Crippen LogP contribution in [0.15, 0.2) is 43.1 Å². The number of aromatic nitrogens is 1. The SMILES string of the molecule is C=CCNC(=O)Nc1cccc2[nH]ccc12. The Morgan fingerprint density at radius 3 is 3.12 bits per heavy atom. The predicted octanol–water partition coefficient (Wildman–Crippen LogP) is 2.48. The van der Waals surface area contributed by atoms with Crippen LogP contribution in [0.2, 0.25) is 0 Å². The van der Waals surface area contributed by atoms with Gasteiger partial charge in [0.1, 0.15) is 0 Å². The summed E-state index contributed by atoms with van der Waals surface area (Å²) in [5, 5.41) is 6.44. The lowest BCUT2D eigenvalue weighted by molar-refractivity contribution is 0.253. The molecule has 3 N–H and O–H groups in total. The van der Waals surface area contributed by atoms with Crippen molar-refractivity contribution in [2.24, 2.45) is 0 Å². The van der Waals surface area contributed by atoms with Gasteiger partial charge in [-0.1, -0.05) is 12.1 Å². The van der Waals surface area contributed by atoms with Gasteiger partial charge in [-0.05, 0) is 18.2 Å². The Kier molecular flexibility index (Phi) is 2.91. The molecule has 0 saturated carbocycles. The second-order valence-corrected chi connectivity index (χ2v) is 3.37. The number of aromatic amines is 1. The van der Waals surface area contributed by atoms with E-state index in [1.807, 2.05) is 30.5 Å². The van der Waals surface area contributed by atoms with E-state index in [4.69, 9.17) is 0 Å². The third-order valence-corrected chi connectivity index (χ3v) is 2.25. The summed E-state index contributed by atoms with van der Waals surface area (Å²) < 4.78 is 0. The quantitative estimate of drug-likeness (QED) is 0.677. The summed E-state index contributed by atoms with van der Waals surface area (Å²) in [5.41, 5.74) is 1.79. The fraction of sp³-hybridized carbons (Fsp3) is 0.0833. The maximum Gasteiger partial charge on any atom is 0.319 e. The van der Waals surface area contributed by atoms with Gasteiger partial charge in [0.15, 0.2) is 0 Å². The van der Waals surface area contributed by atoms with Crippen LogP contribution < -0.4 is 10.6 Å². The Bertz CT molecular complexity index is 516. The highest BCUT2D eigenvalue weighted by atomic mass is 16.2. The van der Waals surface area contributed by atoms with E-state index in [0.717, 1.165) is 16.6 Å². The first-order valence-corrected chi connectivity index (χ1v) is 5.03. The van der Waals surface area contributed by atoms with Crippen molar-refractivity contribution >= 4 is 22.6 Å². The third kappa shape index (κ3) is 2.06. The number of rotatable bonds is 3. The van der Waals surface area contributed by atoms with E-state index in [1.165, 1.54) is 0 Å². The lowest BCUT2D eigenvalue weighted by Gasteiger charge is -2.06. The molecule has 0 fully saturated rings. The van der Waals surface area contributed by atoms with Gasteiger partial charge in [0.25, 0.3) is 0 Å². The lowest BCUT2D eigenvalue weighted by atomic mass is 10.2. The van der Waals surface area contributed by atoms with Crippen LogP contribution in [-0.2, 0) is 0 Å².